The molecule has 2 N–H and O–H groups in total. The lowest BCUT2D eigenvalue weighted by molar-refractivity contribution is 0.396. The van der Waals surface area contributed by atoms with Gasteiger partial charge in [0.2, 0.25) is 0 Å². The van der Waals surface area contributed by atoms with Crippen LogP contribution in [0.15, 0.2) is 0 Å². The van der Waals surface area contributed by atoms with Gasteiger partial charge in [-0.25, -0.2) is 0 Å². The van der Waals surface area contributed by atoms with E-state index in [0.717, 1.165) is 19.3 Å². The zero-order valence-electron chi connectivity index (χ0n) is 8.34. The summed E-state index contributed by atoms with van der Waals surface area (Å²) >= 11 is 0. The molecular formula is C11H21N. The number of rotatable bonds is 6. The molecule has 70 valence electrons. The molecule has 0 aliphatic heterocycles. The largest absolute Gasteiger partial charge is 0.327 e. The molecule has 2 unspecified atom stereocenters. The van der Waals surface area contributed by atoms with Crippen LogP contribution >= 0.6 is 0 Å². The van der Waals surface area contributed by atoms with Gasteiger partial charge in [0.25, 0.3) is 0 Å². The van der Waals surface area contributed by atoms with Crippen LogP contribution in [0.25, 0.3) is 0 Å². The van der Waals surface area contributed by atoms with E-state index in [0.29, 0.717) is 12.0 Å². The Bertz CT molecular complexity index is 134. The molecule has 0 aliphatic carbocycles. The van der Waals surface area contributed by atoms with Crippen LogP contribution in [0.2, 0.25) is 0 Å². The Balaban J connectivity index is 3.43. The summed E-state index contributed by atoms with van der Waals surface area (Å²) in [6.07, 6.45) is 10.6. The first-order valence-corrected chi connectivity index (χ1v) is 4.91. The fourth-order valence-corrected chi connectivity index (χ4v) is 1.39. The van der Waals surface area contributed by atoms with Crippen LogP contribution in [0.4, 0.5) is 0 Å². The summed E-state index contributed by atoms with van der Waals surface area (Å²) in [6, 6.07) is 0.346. The molecule has 0 saturated carbocycles. The maximum atomic E-state index is 5.98. The summed E-state index contributed by atoms with van der Waals surface area (Å²) in [5.74, 6) is 3.28. The maximum absolute atomic E-state index is 5.98. The Kier molecular flexibility index (Phi) is 6.90. The summed E-state index contributed by atoms with van der Waals surface area (Å²) in [5, 5.41) is 0. The van der Waals surface area contributed by atoms with Gasteiger partial charge in [0.05, 0.1) is 0 Å². The van der Waals surface area contributed by atoms with Crippen LogP contribution in [-0.4, -0.2) is 6.04 Å². The predicted octanol–water partition coefficient (Wildman–Crippen LogP) is 2.55. The van der Waals surface area contributed by atoms with Crippen molar-refractivity contribution in [3.8, 4) is 12.3 Å². The van der Waals surface area contributed by atoms with E-state index in [1.165, 1.54) is 12.8 Å². The number of nitrogens with two attached hydrogens (primary N) is 1. The summed E-state index contributed by atoms with van der Waals surface area (Å²) in [5.41, 5.74) is 5.98. The lowest BCUT2D eigenvalue weighted by Gasteiger charge is -2.18. The molecule has 0 heterocycles. The molecule has 0 rings (SSSR count). The molecule has 1 heteroatoms. The third-order valence-electron chi connectivity index (χ3n) is 2.33. The highest BCUT2D eigenvalue weighted by atomic mass is 14.6. The monoisotopic (exact) mass is 167 g/mol. The highest BCUT2D eigenvalue weighted by Crippen LogP contribution is 2.13. The normalized spacial score (nSPS) is 15.2. The van der Waals surface area contributed by atoms with Gasteiger partial charge >= 0.3 is 0 Å². The molecular weight excluding hydrogens is 146 g/mol. The average Bonchev–Trinajstić information content (AvgIpc) is 2.05. The van der Waals surface area contributed by atoms with Crippen molar-refractivity contribution in [2.24, 2.45) is 11.7 Å². The van der Waals surface area contributed by atoms with Crippen molar-refractivity contribution < 1.29 is 0 Å². The van der Waals surface area contributed by atoms with Gasteiger partial charge in [-0.2, -0.15) is 0 Å². The molecule has 0 aromatic carbocycles. The second-order valence-corrected chi connectivity index (χ2v) is 3.53. The van der Waals surface area contributed by atoms with E-state index in [1.54, 1.807) is 0 Å². The molecule has 0 aromatic heterocycles. The average molecular weight is 167 g/mol. The van der Waals surface area contributed by atoms with Gasteiger partial charge in [-0.05, 0) is 25.2 Å². The van der Waals surface area contributed by atoms with Crippen LogP contribution < -0.4 is 5.73 Å². The van der Waals surface area contributed by atoms with Gasteiger partial charge in [-0.1, -0.05) is 20.3 Å². The molecule has 1 nitrogen and oxygen atoms in total. The van der Waals surface area contributed by atoms with Crippen LogP contribution in [0.1, 0.15) is 46.0 Å². The van der Waals surface area contributed by atoms with Gasteiger partial charge in [-0.3, -0.25) is 0 Å². The molecule has 0 saturated heterocycles. The number of unbranched alkanes of at least 4 members (excludes halogenated alkanes) is 1. The van der Waals surface area contributed by atoms with Gasteiger partial charge in [0.1, 0.15) is 0 Å². The van der Waals surface area contributed by atoms with Crippen molar-refractivity contribution in [3.05, 3.63) is 0 Å². The first-order chi connectivity index (χ1) is 5.72. The fraction of sp³-hybridized carbons (Fsp3) is 0.818. The van der Waals surface area contributed by atoms with Gasteiger partial charge in [-0.15, -0.1) is 12.3 Å². The zero-order valence-corrected chi connectivity index (χ0v) is 8.34. The van der Waals surface area contributed by atoms with E-state index in [9.17, 15) is 0 Å². The van der Waals surface area contributed by atoms with Crippen LogP contribution in [-0.2, 0) is 0 Å². The van der Waals surface area contributed by atoms with E-state index in [-0.39, 0.29) is 0 Å². The minimum Gasteiger partial charge on any atom is -0.327 e. The molecule has 0 aromatic rings. The summed E-state index contributed by atoms with van der Waals surface area (Å²) in [6.45, 7) is 4.43. The summed E-state index contributed by atoms with van der Waals surface area (Å²) in [7, 11) is 0. The maximum Gasteiger partial charge on any atom is 0.00866 e. The lowest BCUT2D eigenvalue weighted by atomic mass is 9.94. The highest BCUT2D eigenvalue weighted by molar-refractivity contribution is 4.84. The Morgan fingerprint density at radius 1 is 1.42 bits per heavy atom. The van der Waals surface area contributed by atoms with Crippen LogP contribution in [0, 0.1) is 18.3 Å². The molecule has 0 radical (unpaired) electrons. The highest BCUT2D eigenvalue weighted by Gasteiger charge is 2.10. The summed E-state index contributed by atoms with van der Waals surface area (Å²) < 4.78 is 0. The third kappa shape index (κ3) is 5.21. The molecule has 12 heavy (non-hydrogen) atoms. The minimum absolute atomic E-state index is 0.346. The Hall–Kier alpha value is -0.480. The van der Waals surface area contributed by atoms with Crippen LogP contribution in [0.3, 0.4) is 0 Å². The zero-order chi connectivity index (χ0) is 9.40. The minimum atomic E-state index is 0.346. The lowest BCUT2D eigenvalue weighted by Crippen LogP contribution is -2.27. The first kappa shape index (κ1) is 11.5. The fourth-order valence-electron chi connectivity index (χ4n) is 1.39. The van der Waals surface area contributed by atoms with Crippen molar-refractivity contribution >= 4 is 0 Å². The van der Waals surface area contributed by atoms with Crippen molar-refractivity contribution in [2.45, 2.75) is 52.0 Å². The quantitative estimate of drug-likeness (QED) is 0.477. The smallest absolute Gasteiger partial charge is 0.00866 e. The van der Waals surface area contributed by atoms with Crippen molar-refractivity contribution in [3.63, 3.8) is 0 Å². The Labute approximate surface area is 76.7 Å². The molecule has 0 amide bonds. The van der Waals surface area contributed by atoms with Gasteiger partial charge < -0.3 is 5.73 Å². The third-order valence-corrected chi connectivity index (χ3v) is 2.33. The topological polar surface area (TPSA) is 26.0 Å². The van der Waals surface area contributed by atoms with Crippen molar-refractivity contribution in [1.82, 2.24) is 0 Å². The van der Waals surface area contributed by atoms with Crippen molar-refractivity contribution in [1.29, 1.82) is 0 Å². The Morgan fingerprint density at radius 2 is 2.08 bits per heavy atom. The standard InChI is InChI=1S/C11H21N/c1-4-6-7-9-11(12)10(3)8-5-2/h1,10-11H,5-9,12H2,2-3H3. The SMILES string of the molecule is C#CCCCC(N)C(C)CCC. The molecule has 0 fully saturated rings. The second-order valence-electron chi connectivity index (χ2n) is 3.53. The first-order valence-electron chi connectivity index (χ1n) is 4.91. The second kappa shape index (κ2) is 7.18. The summed E-state index contributed by atoms with van der Waals surface area (Å²) in [4.78, 5) is 0. The van der Waals surface area contributed by atoms with Crippen LogP contribution in [0.5, 0.6) is 0 Å². The van der Waals surface area contributed by atoms with Gasteiger partial charge in [0.15, 0.2) is 0 Å². The number of terminal acetylenes is 1. The van der Waals surface area contributed by atoms with E-state index < -0.39 is 0 Å². The van der Waals surface area contributed by atoms with Gasteiger partial charge in [0, 0.05) is 12.5 Å². The number of hydrogen-bond donors (Lipinski definition) is 1. The van der Waals surface area contributed by atoms with E-state index in [4.69, 9.17) is 12.2 Å². The van der Waals surface area contributed by atoms with E-state index in [2.05, 4.69) is 19.8 Å². The van der Waals surface area contributed by atoms with Crippen molar-refractivity contribution in [2.75, 3.05) is 0 Å². The van der Waals surface area contributed by atoms with E-state index >= 15 is 0 Å². The Morgan fingerprint density at radius 3 is 2.58 bits per heavy atom. The molecule has 2 atom stereocenters. The number of hydrogen-bond acceptors (Lipinski definition) is 1. The molecule has 0 spiro atoms. The molecule has 0 aliphatic rings. The van der Waals surface area contributed by atoms with E-state index in [1.807, 2.05) is 0 Å². The molecule has 0 bridgehead atoms. The predicted molar refractivity (Wildman–Crippen MR) is 54.7 cm³/mol.